The standard InChI is InChI=1S/C18H16Br2N2O4/c19-12-8-14(20)15(21-9-12)16(17(23)24)22(13-6-7-13)18(25)26-10-11-4-2-1-3-5-11/h1-5,8-9,13,16H,6-7,10H2,(H,23,24). The summed E-state index contributed by atoms with van der Waals surface area (Å²) in [4.78, 5) is 30.1. The molecule has 2 aromatic rings. The van der Waals surface area contributed by atoms with E-state index >= 15 is 0 Å². The van der Waals surface area contributed by atoms with Gasteiger partial charge in [0.1, 0.15) is 6.61 Å². The van der Waals surface area contributed by atoms with Crippen molar-refractivity contribution in [1.29, 1.82) is 0 Å². The third kappa shape index (κ3) is 4.42. The number of hydrogen-bond donors (Lipinski definition) is 1. The molecule has 8 heteroatoms. The van der Waals surface area contributed by atoms with Gasteiger partial charge >= 0.3 is 12.1 Å². The number of ether oxygens (including phenoxy) is 1. The molecule has 0 saturated heterocycles. The fourth-order valence-electron chi connectivity index (χ4n) is 2.61. The highest BCUT2D eigenvalue weighted by Gasteiger charge is 2.43. The van der Waals surface area contributed by atoms with Crippen LogP contribution in [0.25, 0.3) is 0 Å². The predicted octanol–water partition coefficient (Wildman–Crippen LogP) is 4.53. The fraction of sp³-hybridized carbons (Fsp3) is 0.278. The number of hydrogen-bond acceptors (Lipinski definition) is 4. The fourth-order valence-corrected chi connectivity index (χ4v) is 3.81. The number of carboxylic acid groups (broad SMARTS) is 1. The number of rotatable bonds is 6. The van der Waals surface area contributed by atoms with Gasteiger partial charge in [-0.1, -0.05) is 30.3 Å². The molecule has 0 radical (unpaired) electrons. The Labute approximate surface area is 167 Å². The first kappa shape index (κ1) is 18.8. The van der Waals surface area contributed by atoms with Crippen molar-refractivity contribution in [2.45, 2.75) is 31.5 Å². The van der Waals surface area contributed by atoms with E-state index in [0.717, 1.165) is 18.4 Å². The highest BCUT2D eigenvalue weighted by atomic mass is 79.9. The monoisotopic (exact) mass is 482 g/mol. The molecule has 3 rings (SSSR count). The topological polar surface area (TPSA) is 79.7 Å². The molecule has 0 aliphatic heterocycles. The molecule has 1 amide bonds. The van der Waals surface area contributed by atoms with Crippen LogP contribution in [0.15, 0.2) is 51.5 Å². The van der Waals surface area contributed by atoms with E-state index < -0.39 is 18.1 Å². The molecular weight excluding hydrogens is 468 g/mol. The molecule has 0 spiro atoms. The molecule has 26 heavy (non-hydrogen) atoms. The summed E-state index contributed by atoms with van der Waals surface area (Å²) in [5.74, 6) is -1.15. The smallest absolute Gasteiger partial charge is 0.411 e. The molecule has 6 nitrogen and oxygen atoms in total. The number of benzene rings is 1. The van der Waals surface area contributed by atoms with Crippen molar-refractivity contribution in [3.63, 3.8) is 0 Å². The zero-order valence-electron chi connectivity index (χ0n) is 13.6. The Balaban J connectivity index is 1.84. The molecule has 1 aromatic carbocycles. The first-order valence-electron chi connectivity index (χ1n) is 8.00. The number of aliphatic carboxylic acids is 1. The highest BCUT2D eigenvalue weighted by Crippen LogP contribution is 2.37. The minimum absolute atomic E-state index is 0.0875. The number of amides is 1. The Kier molecular flexibility index (Phi) is 5.93. The third-order valence-corrected chi connectivity index (χ3v) is 5.03. The normalized spacial score (nSPS) is 14.5. The third-order valence-electron chi connectivity index (χ3n) is 3.96. The van der Waals surface area contributed by atoms with Gasteiger partial charge in [-0.3, -0.25) is 9.88 Å². The van der Waals surface area contributed by atoms with Gasteiger partial charge in [0.15, 0.2) is 6.04 Å². The predicted molar refractivity (Wildman–Crippen MR) is 102 cm³/mol. The van der Waals surface area contributed by atoms with Crippen LogP contribution in [0, 0.1) is 0 Å². The van der Waals surface area contributed by atoms with Crippen molar-refractivity contribution in [3.05, 3.63) is 62.8 Å². The van der Waals surface area contributed by atoms with Crippen molar-refractivity contribution in [2.75, 3.05) is 0 Å². The Hall–Kier alpha value is -1.93. The summed E-state index contributed by atoms with van der Waals surface area (Å²) in [5.41, 5.74) is 1.11. The van der Waals surface area contributed by atoms with Gasteiger partial charge in [0.05, 0.1) is 5.69 Å². The molecule has 1 aliphatic carbocycles. The lowest BCUT2D eigenvalue weighted by Gasteiger charge is -2.28. The number of carboxylic acids is 1. The van der Waals surface area contributed by atoms with Crippen LogP contribution < -0.4 is 0 Å². The average molecular weight is 484 g/mol. The number of nitrogens with zero attached hydrogens (tertiary/aromatic N) is 2. The van der Waals surface area contributed by atoms with Crippen LogP contribution in [0.1, 0.15) is 30.1 Å². The van der Waals surface area contributed by atoms with Crippen LogP contribution in [0.5, 0.6) is 0 Å². The van der Waals surface area contributed by atoms with E-state index in [-0.39, 0.29) is 18.3 Å². The summed E-state index contributed by atoms with van der Waals surface area (Å²) in [6, 6.07) is 9.60. The molecule has 136 valence electrons. The van der Waals surface area contributed by atoms with Gasteiger partial charge in [-0.05, 0) is 56.3 Å². The van der Waals surface area contributed by atoms with Crippen LogP contribution >= 0.6 is 31.9 Å². The van der Waals surface area contributed by atoms with E-state index in [0.29, 0.717) is 8.95 Å². The summed E-state index contributed by atoms with van der Waals surface area (Å²) in [6.45, 7) is 0.0875. The van der Waals surface area contributed by atoms with E-state index in [1.807, 2.05) is 30.3 Å². The van der Waals surface area contributed by atoms with Crippen molar-refractivity contribution in [3.8, 4) is 0 Å². The van der Waals surface area contributed by atoms with Gasteiger partial charge in [-0.25, -0.2) is 9.59 Å². The molecule has 1 atom stereocenters. The Morgan fingerprint density at radius 1 is 1.27 bits per heavy atom. The maximum Gasteiger partial charge on any atom is 0.411 e. The van der Waals surface area contributed by atoms with Gasteiger partial charge < -0.3 is 9.84 Å². The van der Waals surface area contributed by atoms with Gasteiger partial charge in [0, 0.05) is 21.2 Å². The van der Waals surface area contributed by atoms with Crippen molar-refractivity contribution in [1.82, 2.24) is 9.88 Å². The van der Waals surface area contributed by atoms with Gasteiger partial charge in [0.2, 0.25) is 0 Å². The second-order valence-corrected chi connectivity index (χ2v) is 7.71. The summed E-state index contributed by atoms with van der Waals surface area (Å²) in [5, 5.41) is 9.78. The first-order valence-corrected chi connectivity index (χ1v) is 9.58. The number of aromatic nitrogens is 1. The van der Waals surface area contributed by atoms with Gasteiger partial charge in [-0.15, -0.1) is 0 Å². The van der Waals surface area contributed by atoms with Crippen LogP contribution in [0.2, 0.25) is 0 Å². The molecule has 1 fully saturated rings. The van der Waals surface area contributed by atoms with Crippen molar-refractivity contribution < 1.29 is 19.4 Å². The molecule has 1 aromatic heterocycles. The van der Waals surface area contributed by atoms with Crippen molar-refractivity contribution >= 4 is 43.9 Å². The number of halogens is 2. The largest absolute Gasteiger partial charge is 0.479 e. The van der Waals surface area contributed by atoms with Crippen LogP contribution in [-0.2, 0) is 16.1 Å². The maximum absolute atomic E-state index is 12.7. The second-order valence-electron chi connectivity index (χ2n) is 5.94. The number of pyridine rings is 1. The molecule has 1 heterocycles. The van der Waals surface area contributed by atoms with E-state index in [4.69, 9.17) is 4.74 Å². The molecule has 1 aliphatic rings. The highest BCUT2D eigenvalue weighted by molar-refractivity contribution is 9.11. The number of carbonyl (C=O) groups excluding carboxylic acids is 1. The zero-order chi connectivity index (χ0) is 18.7. The quantitative estimate of drug-likeness (QED) is 0.652. The molecule has 1 saturated carbocycles. The number of carbonyl (C=O) groups is 2. The lowest BCUT2D eigenvalue weighted by Crippen LogP contribution is -2.41. The summed E-state index contributed by atoms with van der Waals surface area (Å²) < 4.78 is 6.60. The average Bonchev–Trinajstić information content (AvgIpc) is 3.44. The Bertz CT molecular complexity index is 812. The lowest BCUT2D eigenvalue weighted by atomic mass is 10.1. The lowest BCUT2D eigenvalue weighted by molar-refractivity contribution is -0.143. The minimum atomic E-state index is -1.21. The first-order chi connectivity index (χ1) is 12.5. The molecule has 1 unspecified atom stereocenters. The van der Waals surface area contributed by atoms with Gasteiger partial charge in [-0.2, -0.15) is 0 Å². The summed E-state index contributed by atoms with van der Waals surface area (Å²) in [6.07, 6.45) is 2.35. The summed E-state index contributed by atoms with van der Waals surface area (Å²) >= 11 is 6.64. The van der Waals surface area contributed by atoms with Gasteiger partial charge in [0.25, 0.3) is 0 Å². The van der Waals surface area contributed by atoms with Crippen molar-refractivity contribution in [2.24, 2.45) is 0 Å². The minimum Gasteiger partial charge on any atom is -0.479 e. The van der Waals surface area contributed by atoms with E-state index in [1.54, 1.807) is 6.07 Å². The SMILES string of the molecule is O=C(O)C(c1ncc(Br)cc1Br)N(C(=O)OCc1ccccc1)C1CC1. The second kappa shape index (κ2) is 8.18. The molecule has 1 N–H and O–H groups in total. The van der Waals surface area contributed by atoms with Crippen LogP contribution in [-0.4, -0.2) is 33.1 Å². The molecule has 0 bridgehead atoms. The zero-order valence-corrected chi connectivity index (χ0v) is 16.8. The van der Waals surface area contributed by atoms with Crippen LogP contribution in [0.3, 0.4) is 0 Å². The molecular formula is C18H16Br2N2O4. The maximum atomic E-state index is 12.7. The van der Waals surface area contributed by atoms with E-state index in [2.05, 4.69) is 36.8 Å². The van der Waals surface area contributed by atoms with Crippen LogP contribution in [0.4, 0.5) is 4.79 Å². The summed E-state index contributed by atoms with van der Waals surface area (Å²) in [7, 11) is 0. The Morgan fingerprint density at radius 2 is 1.96 bits per heavy atom. The van der Waals surface area contributed by atoms with E-state index in [9.17, 15) is 14.7 Å². The van der Waals surface area contributed by atoms with E-state index in [1.165, 1.54) is 11.1 Å². The Morgan fingerprint density at radius 3 is 2.54 bits per heavy atom.